The molecule has 5 nitrogen and oxygen atoms in total. The number of hydrogen-bond donors (Lipinski definition) is 1. The van der Waals surface area contributed by atoms with Gasteiger partial charge in [0.25, 0.3) is 0 Å². The number of aromatic nitrogens is 1. The molecule has 1 amide bonds. The van der Waals surface area contributed by atoms with Gasteiger partial charge < -0.3 is 10.1 Å². The number of rotatable bonds is 8. The van der Waals surface area contributed by atoms with Crippen molar-refractivity contribution in [1.82, 2.24) is 15.2 Å². The number of benzene rings is 1. The number of nitrogens with one attached hydrogen (secondary N) is 1. The monoisotopic (exact) mass is 347 g/mol. The van der Waals surface area contributed by atoms with Gasteiger partial charge in [-0.1, -0.05) is 0 Å². The van der Waals surface area contributed by atoms with Gasteiger partial charge in [0.05, 0.1) is 25.4 Å². The van der Waals surface area contributed by atoms with Crippen LogP contribution in [0.25, 0.3) is 11.3 Å². The van der Waals surface area contributed by atoms with Crippen LogP contribution in [0.3, 0.4) is 0 Å². The van der Waals surface area contributed by atoms with E-state index in [2.05, 4.69) is 10.3 Å². The normalized spacial score (nSPS) is 11.1. The van der Waals surface area contributed by atoms with Gasteiger partial charge in [-0.3, -0.25) is 9.69 Å². The molecule has 2 rings (SSSR count). The lowest BCUT2D eigenvalue weighted by atomic mass is 10.2. The Balaban J connectivity index is 1.93. The third-order valence-electron chi connectivity index (χ3n) is 3.28. The summed E-state index contributed by atoms with van der Waals surface area (Å²) in [4.78, 5) is 18.4. The van der Waals surface area contributed by atoms with Gasteiger partial charge in [-0.15, -0.1) is 11.3 Å². The topological polar surface area (TPSA) is 54.5 Å². The number of thiazole rings is 1. The molecule has 0 fully saturated rings. The minimum absolute atomic E-state index is 0.0378. The van der Waals surface area contributed by atoms with Crippen molar-refractivity contribution in [2.24, 2.45) is 0 Å². The van der Waals surface area contributed by atoms with E-state index in [1.165, 1.54) is 0 Å². The van der Waals surface area contributed by atoms with Crippen LogP contribution < -0.4 is 10.1 Å². The van der Waals surface area contributed by atoms with E-state index >= 15 is 0 Å². The summed E-state index contributed by atoms with van der Waals surface area (Å²) in [6.45, 7) is 7.59. The van der Waals surface area contributed by atoms with Gasteiger partial charge in [-0.05, 0) is 52.1 Å². The second-order valence-electron chi connectivity index (χ2n) is 5.98. The van der Waals surface area contributed by atoms with Crippen LogP contribution in [0.4, 0.5) is 0 Å². The number of carbonyl (C=O) groups is 1. The molecular weight excluding hydrogens is 322 g/mol. The van der Waals surface area contributed by atoms with Crippen molar-refractivity contribution in [3.05, 3.63) is 34.7 Å². The molecule has 2 aromatic rings. The van der Waals surface area contributed by atoms with Gasteiger partial charge in [0.15, 0.2) is 0 Å². The van der Waals surface area contributed by atoms with E-state index in [1.807, 2.05) is 62.4 Å². The highest BCUT2D eigenvalue weighted by atomic mass is 32.1. The van der Waals surface area contributed by atoms with Crippen LogP contribution in [0.1, 0.15) is 25.8 Å². The Kier molecular flexibility index (Phi) is 6.75. The zero-order chi connectivity index (χ0) is 17.5. The number of ether oxygens (including phenoxy) is 1. The van der Waals surface area contributed by atoms with E-state index in [0.717, 1.165) is 22.0 Å². The summed E-state index contributed by atoms with van der Waals surface area (Å²) in [5.41, 5.74) is 2.03. The minimum Gasteiger partial charge on any atom is -0.494 e. The van der Waals surface area contributed by atoms with Crippen LogP contribution in [-0.4, -0.2) is 42.0 Å². The van der Waals surface area contributed by atoms with Crippen molar-refractivity contribution in [2.45, 2.75) is 33.4 Å². The predicted molar refractivity (Wildman–Crippen MR) is 98.3 cm³/mol. The Bertz CT molecular complexity index is 653. The zero-order valence-corrected chi connectivity index (χ0v) is 15.5. The van der Waals surface area contributed by atoms with E-state index in [-0.39, 0.29) is 11.9 Å². The summed E-state index contributed by atoms with van der Waals surface area (Å²) in [5.74, 6) is 0.906. The molecule has 0 saturated carbocycles. The minimum atomic E-state index is 0.0378. The van der Waals surface area contributed by atoms with E-state index < -0.39 is 0 Å². The maximum absolute atomic E-state index is 11.8. The SMILES string of the molecule is CCOc1ccc(-c2csc(CN(C)CC(=O)NC(C)C)n2)cc1. The molecule has 0 aliphatic rings. The second kappa shape index (κ2) is 8.80. The molecule has 24 heavy (non-hydrogen) atoms. The number of nitrogens with zero attached hydrogens (tertiary/aromatic N) is 2. The predicted octanol–water partition coefficient (Wildman–Crippen LogP) is 3.17. The highest BCUT2D eigenvalue weighted by molar-refractivity contribution is 7.09. The van der Waals surface area contributed by atoms with Crippen molar-refractivity contribution >= 4 is 17.2 Å². The summed E-state index contributed by atoms with van der Waals surface area (Å²) in [6, 6.07) is 8.12. The van der Waals surface area contributed by atoms with Crippen molar-refractivity contribution in [1.29, 1.82) is 0 Å². The molecule has 1 heterocycles. The molecule has 1 aromatic carbocycles. The molecule has 1 aromatic heterocycles. The lowest BCUT2D eigenvalue weighted by Crippen LogP contribution is -2.38. The van der Waals surface area contributed by atoms with Crippen LogP contribution in [0.15, 0.2) is 29.6 Å². The molecule has 0 spiro atoms. The average molecular weight is 347 g/mol. The van der Waals surface area contributed by atoms with E-state index in [9.17, 15) is 4.79 Å². The third-order valence-corrected chi connectivity index (χ3v) is 4.11. The maximum Gasteiger partial charge on any atom is 0.234 e. The third kappa shape index (κ3) is 5.62. The van der Waals surface area contributed by atoms with Crippen molar-refractivity contribution in [3.8, 4) is 17.0 Å². The Morgan fingerprint density at radius 2 is 2.04 bits per heavy atom. The Morgan fingerprint density at radius 3 is 2.67 bits per heavy atom. The molecule has 130 valence electrons. The molecule has 0 radical (unpaired) electrons. The maximum atomic E-state index is 11.8. The average Bonchev–Trinajstić information content (AvgIpc) is 2.95. The molecule has 0 bridgehead atoms. The highest BCUT2D eigenvalue weighted by Gasteiger charge is 2.11. The van der Waals surface area contributed by atoms with E-state index in [0.29, 0.717) is 19.7 Å². The van der Waals surface area contributed by atoms with Crippen molar-refractivity contribution < 1.29 is 9.53 Å². The summed E-state index contributed by atoms with van der Waals surface area (Å²) in [5, 5.41) is 5.94. The van der Waals surface area contributed by atoms with Crippen LogP contribution in [0.5, 0.6) is 5.75 Å². The van der Waals surface area contributed by atoms with E-state index in [1.54, 1.807) is 11.3 Å². The first kappa shape index (κ1) is 18.4. The second-order valence-corrected chi connectivity index (χ2v) is 6.92. The van der Waals surface area contributed by atoms with Gasteiger partial charge in [0, 0.05) is 17.0 Å². The van der Waals surface area contributed by atoms with Crippen LogP contribution in [0.2, 0.25) is 0 Å². The molecule has 0 aliphatic carbocycles. The quantitative estimate of drug-likeness (QED) is 0.797. The lowest BCUT2D eigenvalue weighted by molar-refractivity contribution is -0.122. The summed E-state index contributed by atoms with van der Waals surface area (Å²) in [7, 11) is 1.93. The van der Waals surface area contributed by atoms with Gasteiger partial charge in [-0.25, -0.2) is 4.98 Å². The highest BCUT2D eigenvalue weighted by Crippen LogP contribution is 2.24. The standard InChI is InChI=1S/C18H25N3O2S/c1-5-23-15-8-6-14(7-9-15)16-12-24-18(20-16)11-21(4)10-17(22)19-13(2)3/h6-9,12-13H,5,10-11H2,1-4H3,(H,19,22). The summed E-state index contributed by atoms with van der Waals surface area (Å²) in [6.07, 6.45) is 0. The van der Waals surface area contributed by atoms with Crippen LogP contribution in [-0.2, 0) is 11.3 Å². The van der Waals surface area contributed by atoms with Gasteiger partial charge in [0.2, 0.25) is 5.91 Å². The number of hydrogen-bond acceptors (Lipinski definition) is 5. The smallest absolute Gasteiger partial charge is 0.234 e. The zero-order valence-electron chi connectivity index (χ0n) is 14.7. The number of amides is 1. The largest absolute Gasteiger partial charge is 0.494 e. The fraction of sp³-hybridized carbons (Fsp3) is 0.444. The first-order valence-electron chi connectivity index (χ1n) is 8.13. The fourth-order valence-corrected chi connectivity index (χ4v) is 3.19. The molecule has 0 unspecified atom stereocenters. The summed E-state index contributed by atoms with van der Waals surface area (Å²) >= 11 is 1.61. The molecule has 0 aliphatic heterocycles. The van der Waals surface area contributed by atoms with Gasteiger partial charge in [0.1, 0.15) is 10.8 Å². The first-order valence-corrected chi connectivity index (χ1v) is 9.01. The Labute approximate surface area is 147 Å². The first-order chi connectivity index (χ1) is 11.5. The molecule has 0 atom stereocenters. The number of likely N-dealkylation sites (N-methyl/N-ethyl adjacent to an activating group) is 1. The van der Waals surface area contributed by atoms with Gasteiger partial charge in [-0.2, -0.15) is 0 Å². The number of carbonyl (C=O) groups excluding carboxylic acids is 1. The van der Waals surface area contributed by atoms with Crippen molar-refractivity contribution in [2.75, 3.05) is 20.2 Å². The molecule has 6 heteroatoms. The van der Waals surface area contributed by atoms with Crippen LogP contribution >= 0.6 is 11.3 Å². The fourth-order valence-electron chi connectivity index (χ4n) is 2.30. The molecule has 0 saturated heterocycles. The van der Waals surface area contributed by atoms with Crippen molar-refractivity contribution in [3.63, 3.8) is 0 Å². The Morgan fingerprint density at radius 1 is 1.33 bits per heavy atom. The van der Waals surface area contributed by atoms with Gasteiger partial charge >= 0.3 is 0 Å². The molecule has 1 N–H and O–H groups in total. The summed E-state index contributed by atoms with van der Waals surface area (Å²) < 4.78 is 5.46. The molecular formula is C18H25N3O2S. The van der Waals surface area contributed by atoms with E-state index in [4.69, 9.17) is 4.74 Å². The van der Waals surface area contributed by atoms with Crippen LogP contribution in [0, 0.1) is 0 Å². The lowest BCUT2D eigenvalue weighted by Gasteiger charge is -2.16. The Hall–Kier alpha value is -1.92.